The van der Waals surface area contributed by atoms with E-state index in [-0.39, 0.29) is 38.3 Å². The summed E-state index contributed by atoms with van der Waals surface area (Å²) in [6, 6.07) is 45.9. The van der Waals surface area contributed by atoms with E-state index in [1.807, 2.05) is 109 Å². The van der Waals surface area contributed by atoms with E-state index >= 15 is 0 Å². The van der Waals surface area contributed by atoms with Gasteiger partial charge in [0.15, 0.2) is 0 Å². The van der Waals surface area contributed by atoms with Gasteiger partial charge in [0, 0.05) is 25.5 Å². The normalized spacial score (nSPS) is 21.3. The number of hydrogen-bond donors (Lipinski definition) is 0. The van der Waals surface area contributed by atoms with Crippen molar-refractivity contribution in [3.8, 4) is 11.5 Å². The number of amides is 1. The number of carbonyl (C=O) groups excluding carboxylic acids is 3. The van der Waals surface area contributed by atoms with Crippen molar-refractivity contribution in [3.63, 3.8) is 0 Å². The molecule has 1 aliphatic heterocycles. The highest BCUT2D eigenvalue weighted by atomic mass is 19.1. The van der Waals surface area contributed by atoms with Gasteiger partial charge in [0.05, 0.1) is 51.6 Å². The second-order valence-corrected chi connectivity index (χ2v) is 17.6. The van der Waals surface area contributed by atoms with Gasteiger partial charge in [0.1, 0.15) is 47.5 Å². The van der Waals surface area contributed by atoms with Gasteiger partial charge in [-0.15, -0.1) is 0 Å². The maximum absolute atomic E-state index is 14.1. The van der Waals surface area contributed by atoms with Crippen molar-refractivity contribution in [3.05, 3.63) is 197 Å². The van der Waals surface area contributed by atoms with Gasteiger partial charge in [-0.05, 0) is 108 Å². The molecule has 1 saturated heterocycles. The molecule has 364 valence electrons. The first-order valence-electron chi connectivity index (χ1n) is 23.5. The molecule has 8 atom stereocenters. The van der Waals surface area contributed by atoms with Crippen LogP contribution in [0.15, 0.2) is 158 Å². The van der Waals surface area contributed by atoms with Crippen LogP contribution in [0.25, 0.3) is 0 Å². The van der Waals surface area contributed by atoms with E-state index in [0.29, 0.717) is 36.3 Å². The number of ether oxygens (including phenoxy) is 7. The molecule has 2 fully saturated rings. The van der Waals surface area contributed by atoms with E-state index in [0.717, 1.165) is 28.0 Å². The lowest BCUT2D eigenvalue weighted by Gasteiger charge is -2.48. The Morgan fingerprint density at radius 2 is 1.17 bits per heavy atom. The van der Waals surface area contributed by atoms with E-state index in [1.54, 1.807) is 36.3 Å². The van der Waals surface area contributed by atoms with Gasteiger partial charge in [-0.2, -0.15) is 0 Å². The lowest BCUT2D eigenvalue weighted by Crippen LogP contribution is -2.59. The van der Waals surface area contributed by atoms with Crippen LogP contribution in [0.1, 0.15) is 73.1 Å². The van der Waals surface area contributed by atoms with Crippen molar-refractivity contribution >= 4 is 23.5 Å². The third-order valence-corrected chi connectivity index (χ3v) is 12.8. The zero-order chi connectivity index (χ0) is 49.0. The number of esters is 2. The Hall–Kier alpha value is -6.93. The van der Waals surface area contributed by atoms with Crippen LogP contribution in [0.4, 0.5) is 14.5 Å². The molecule has 6 aromatic rings. The minimum atomic E-state index is -0.702. The summed E-state index contributed by atoms with van der Waals surface area (Å²) in [5.74, 6) is -1.59. The Labute approximate surface area is 407 Å². The molecular weight excluding hydrogens is 897 g/mol. The topological polar surface area (TPSA) is 119 Å². The SMILES string of the molecule is COc1ccc(CO[C@@H]2[C@@H](COC(C)=O)C[C@@H](Oc3ccc([C@@H]4[C@@H](CC[C@H](OC(C)=O)c5ccc(F)cc5)C(=O)N4c4ccc(F)cc4)cc3)[C@H](OCc3ccccc3)[C@H]2OCc2ccccc2)cc1. The molecule has 0 spiro atoms. The molecule has 2 aliphatic rings. The Bertz CT molecular complexity index is 2620. The summed E-state index contributed by atoms with van der Waals surface area (Å²) in [5.41, 5.74) is 4.78. The van der Waals surface area contributed by atoms with E-state index in [1.165, 1.54) is 38.1 Å². The average molecular weight is 954 g/mol. The summed E-state index contributed by atoms with van der Waals surface area (Å²) in [6.07, 6.45) is -2.26. The van der Waals surface area contributed by atoms with Crippen molar-refractivity contribution in [2.75, 3.05) is 18.6 Å². The Morgan fingerprint density at radius 1 is 0.629 bits per heavy atom. The molecule has 1 heterocycles. The maximum Gasteiger partial charge on any atom is 0.303 e. The molecule has 11 nitrogen and oxygen atoms in total. The van der Waals surface area contributed by atoms with Gasteiger partial charge >= 0.3 is 11.9 Å². The molecule has 70 heavy (non-hydrogen) atoms. The molecule has 1 aliphatic carbocycles. The van der Waals surface area contributed by atoms with E-state index in [9.17, 15) is 23.2 Å². The maximum atomic E-state index is 14.1. The number of nitrogens with zero attached hydrogens (tertiary/aromatic N) is 1. The van der Waals surface area contributed by atoms with Crippen LogP contribution in [0, 0.1) is 23.5 Å². The molecule has 0 radical (unpaired) electrons. The first kappa shape index (κ1) is 49.5. The molecule has 1 amide bonds. The number of hydrogen-bond acceptors (Lipinski definition) is 10. The van der Waals surface area contributed by atoms with Crippen LogP contribution in [-0.4, -0.2) is 56.0 Å². The smallest absolute Gasteiger partial charge is 0.303 e. The molecule has 6 aromatic carbocycles. The zero-order valence-electron chi connectivity index (χ0n) is 39.4. The molecule has 0 aromatic heterocycles. The van der Waals surface area contributed by atoms with Crippen LogP contribution < -0.4 is 14.4 Å². The first-order chi connectivity index (χ1) is 34.0. The molecule has 1 saturated carbocycles. The molecule has 13 heteroatoms. The summed E-state index contributed by atoms with van der Waals surface area (Å²) in [7, 11) is 1.62. The number of benzene rings is 6. The van der Waals surface area contributed by atoms with Crippen LogP contribution in [-0.2, 0) is 57.9 Å². The van der Waals surface area contributed by atoms with Gasteiger partial charge in [-0.1, -0.05) is 97.1 Å². The average Bonchev–Trinajstić information content (AvgIpc) is 3.37. The highest BCUT2D eigenvalue weighted by Crippen LogP contribution is 2.47. The quantitative estimate of drug-likeness (QED) is 0.0509. The number of rotatable bonds is 21. The van der Waals surface area contributed by atoms with Gasteiger partial charge < -0.3 is 38.1 Å². The number of carbonyl (C=O) groups is 3. The van der Waals surface area contributed by atoms with Crippen LogP contribution in [0.3, 0.4) is 0 Å². The highest BCUT2D eigenvalue weighted by molar-refractivity contribution is 6.03. The summed E-state index contributed by atoms with van der Waals surface area (Å²) >= 11 is 0. The second-order valence-electron chi connectivity index (χ2n) is 17.6. The fraction of sp³-hybridized carbons (Fsp3) is 0.316. The lowest BCUT2D eigenvalue weighted by atomic mass is 9.78. The minimum absolute atomic E-state index is 0.0494. The van der Waals surface area contributed by atoms with Crippen LogP contribution >= 0.6 is 0 Å². The van der Waals surface area contributed by atoms with Gasteiger partial charge in [-0.3, -0.25) is 14.4 Å². The summed E-state index contributed by atoms with van der Waals surface area (Å²) in [4.78, 5) is 40.2. The third kappa shape index (κ3) is 12.6. The molecule has 0 N–H and O–H groups in total. The lowest BCUT2D eigenvalue weighted by molar-refractivity contribution is -0.219. The Balaban J connectivity index is 1.09. The molecule has 8 rings (SSSR count). The standard InChI is InChI=1S/C57H57F2NO10/c1-37(61)65-36-44-32-52(55(67-33-39-10-6-4-7-11-39)56(68-34-40-12-8-5-9-13-40)54(44)66-35-41-14-26-48(64-3)27-15-41)70-49-28-18-43(19-29-49)53-50(57(63)60(53)47-24-22-46(59)23-25-47)30-31-51(69-38(2)62)42-16-20-45(58)21-17-42/h4-29,44,50-56H,30-36H2,1-3H3/t44-,50-,51+,52-,53-,54-,55+,56+/m1/s1. The van der Waals surface area contributed by atoms with Crippen LogP contribution in [0.5, 0.6) is 11.5 Å². The minimum Gasteiger partial charge on any atom is -0.497 e. The van der Waals surface area contributed by atoms with Gasteiger partial charge in [0.25, 0.3) is 0 Å². The predicted molar refractivity (Wildman–Crippen MR) is 257 cm³/mol. The fourth-order valence-corrected chi connectivity index (χ4v) is 9.33. The van der Waals surface area contributed by atoms with Crippen molar-refractivity contribution in [2.24, 2.45) is 11.8 Å². The van der Waals surface area contributed by atoms with E-state index in [2.05, 4.69) is 0 Å². The van der Waals surface area contributed by atoms with Crippen molar-refractivity contribution < 1.29 is 56.3 Å². The van der Waals surface area contributed by atoms with Gasteiger partial charge in [0.2, 0.25) is 5.91 Å². The third-order valence-electron chi connectivity index (χ3n) is 12.8. The van der Waals surface area contributed by atoms with Crippen molar-refractivity contribution in [1.82, 2.24) is 0 Å². The number of anilines is 1. The van der Waals surface area contributed by atoms with Crippen LogP contribution in [0.2, 0.25) is 0 Å². The number of β-lactam (4-membered cyclic amide) rings is 1. The molecule has 0 bridgehead atoms. The number of methoxy groups -OCH3 is 1. The summed E-state index contributed by atoms with van der Waals surface area (Å²) in [5, 5.41) is 0. The van der Waals surface area contributed by atoms with Crippen molar-refractivity contribution in [2.45, 2.75) is 89.5 Å². The van der Waals surface area contributed by atoms with Gasteiger partial charge in [-0.25, -0.2) is 8.78 Å². The molecular formula is C57H57F2NO10. The first-order valence-corrected chi connectivity index (χ1v) is 23.5. The number of halogens is 2. The Morgan fingerprint density at radius 3 is 1.74 bits per heavy atom. The summed E-state index contributed by atoms with van der Waals surface area (Å²) in [6.45, 7) is 3.48. The van der Waals surface area contributed by atoms with E-state index < -0.39 is 66.1 Å². The van der Waals surface area contributed by atoms with E-state index in [4.69, 9.17) is 33.2 Å². The highest BCUT2D eigenvalue weighted by Gasteiger charge is 2.50. The Kier molecular flexibility index (Phi) is 16.7. The predicted octanol–water partition coefficient (Wildman–Crippen LogP) is 10.8. The monoisotopic (exact) mass is 953 g/mol. The fourth-order valence-electron chi connectivity index (χ4n) is 9.33. The largest absolute Gasteiger partial charge is 0.497 e. The zero-order valence-corrected chi connectivity index (χ0v) is 39.4. The van der Waals surface area contributed by atoms with Crippen molar-refractivity contribution in [1.29, 1.82) is 0 Å². The summed E-state index contributed by atoms with van der Waals surface area (Å²) < 4.78 is 72.2. The second kappa shape index (κ2) is 23.6. The molecule has 0 unspecified atom stereocenters.